The summed E-state index contributed by atoms with van der Waals surface area (Å²) in [5, 5.41) is 4.19. The lowest BCUT2D eigenvalue weighted by molar-refractivity contribution is 0.118. The molecule has 0 radical (unpaired) electrons. The Labute approximate surface area is 129 Å². The molecule has 1 N–H and O–H groups in total. The van der Waals surface area contributed by atoms with Crippen LogP contribution in [0.2, 0.25) is 5.02 Å². The van der Waals surface area contributed by atoms with E-state index in [2.05, 4.69) is 33.1 Å². The first kappa shape index (κ1) is 16.9. The highest BCUT2D eigenvalue weighted by Crippen LogP contribution is 2.26. The summed E-state index contributed by atoms with van der Waals surface area (Å²) in [6.45, 7) is 5.36. The number of nitrogens with one attached hydrogen (secondary N) is 1. The quantitative estimate of drug-likeness (QED) is 0.729. The number of benzene rings is 1. The highest BCUT2D eigenvalue weighted by Gasteiger charge is 2.08. The minimum absolute atomic E-state index is 0.220. The topological polar surface area (TPSA) is 24.5 Å². The van der Waals surface area contributed by atoms with Crippen molar-refractivity contribution in [3.05, 3.63) is 33.3 Å². The standard InChI is InChI=1S/C14H22BrClN2O/c1-11(13-5-4-12(15)10-14(13)16)17-6-8-19-9-7-18(2)3/h4-5,10-11,17H,6-9H2,1-3H3. The number of hydrogen-bond donors (Lipinski definition) is 1. The Morgan fingerprint density at radius 1 is 1.37 bits per heavy atom. The molecule has 0 amide bonds. The number of hydrogen-bond acceptors (Lipinski definition) is 3. The number of nitrogens with zero attached hydrogens (tertiary/aromatic N) is 1. The summed E-state index contributed by atoms with van der Waals surface area (Å²) in [4.78, 5) is 2.11. The molecule has 0 saturated carbocycles. The monoisotopic (exact) mass is 348 g/mol. The fourth-order valence-corrected chi connectivity index (χ4v) is 2.50. The van der Waals surface area contributed by atoms with Crippen LogP contribution in [0, 0.1) is 0 Å². The van der Waals surface area contributed by atoms with Crippen molar-refractivity contribution in [2.45, 2.75) is 13.0 Å². The number of rotatable bonds is 8. The molecule has 1 aromatic carbocycles. The Balaban J connectivity index is 2.25. The molecule has 0 heterocycles. The van der Waals surface area contributed by atoms with Gasteiger partial charge in [-0.15, -0.1) is 0 Å². The van der Waals surface area contributed by atoms with E-state index in [4.69, 9.17) is 16.3 Å². The van der Waals surface area contributed by atoms with Crippen molar-refractivity contribution in [1.82, 2.24) is 10.2 Å². The molecule has 3 nitrogen and oxygen atoms in total. The Morgan fingerprint density at radius 2 is 2.11 bits per heavy atom. The van der Waals surface area contributed by atoms with Crippen molar-refractivity contribution >= 4 is 27.5 Å². The molecule has 0 bridgehead atoms. The third-order valence-electron chi connectivity index (χ3n) is 2.81. The zero-order chi connectivity index (χ0) is 14.3. The Bertz CT molecular complexity index is 388. The van der Waals surface area contributed by atoms with Crippen molar-refractivity contribution in [2.75, 3.05) is 40.4 Å². The average molecular weight is 350 g/mol. The molecule has 5 heteroatoms. The molecule has 0 spiro atoms. The highest BCUT2D eigenvalue weighted by atomic mass is 79.9. The van der Waals surface area contributed by atoms with Gasteiger partial charge in [-0.1, -0.05) is 33.6 Å². The van der Waals surface area contributed by atoms with Crippen LogP contribution in [0.3, 0.4) is 0 Å². The molecule has 0 fully saturated rings. The molecule has 1 aromatic rings. The maximum Gasteiger partial charge on any atom is 0.0593 e. The smallest absolute Gasteiger partial charge is 0.0593 e. The fraction of sp³-hybridized carbons (Fsp3) is 0.571. The van der Waals surface area contributed by atoms with E-state index < -0.39 is 0 Å². The third-order valence-corrected chi connectivity index (χ3v) is 3.63. The predicted octanol–water partition coefficient (Wildman–Crippen LogP) is 3.33. The minimum atomic E-state index is 0.220. The van der Waals surface area contributed by atoms with Gasteiger partial charge in [0.2, 0.25) is 0 Å². The van der Waals surface area contributed by atoms with Crippen LogP contribution in [-0.2, 0) is 4.74 Å². The van der Waals surface area contributed by atoms with Crippen molar-refractivity contribution < 1.29 is 4.74 Å². The molecule has 1 unspecified atom stereocenters. The SMILES string of the molecule is CC(NCCOCCN(C)C)c1ccc(Br)cc1Cl. The lowest BCUT2D eigenvalue weighted by Crippen LogP contribution is -2.25. The van der Waals surface area contributed by atoms with Crippen LogP contribution >= 0.6 is 27.5 Å². The molecule has 1 atom stereocenters. The maximum atomic E-state index is 6.21. The molecule has 0 aliphatic carbocycles. The largest absolute Gasteiger partial charge is 0.379 e. The average Bonchev–Trinajstić information content (AvgIpc) is 2.32. The maximum absolute atomic E-state index is 6.21. The van der Waals surface area contributed by atoms with Crippen molar-refractivity contribution in [1.29, 1.82) is 0 Å². The second-order valence-electron chi connectivity index (χ2n) is 4.76. The molecule has 0 aliphatic heterocycles. The van der Waals surface area contributed by atoms with Crippen LogP contribution in [0.25, 0.3) is 0 Å². The van der Waals surface area contributed by atoms with Crippen LogP contribution in [-0.4, -0.2) is 45.3 Å². The van der Waals surface area contributed by atoms with Crippen LogP contribution in [0.5, 0.6) is 0 Å². The fourth-order valence-electron chi connectivity index (χ4n) is 1.66. The second-order valence-corrected chi connectivity index (χ2v) is 6.08. The lowest BCUT2D eigenvalue weighted by atomic mass is 10.1. The Kier molecular flexibility index (Phi) is 7.95. The van der Waals surface area contributed by atoms with E-state index in [0.717, 1.165) is 34.8 Å². The van der Waals surface area contributed by atoms with Crippen LogP contribution in [0.15, 0.2) is 22.7 Å². The third kappa shape index (κ3) is 6.72. The van der Waals surface area contributed by atoms with Gasteiger partial charge >= 0.3 is 0 Å². The normalized spacial score (nSPS) is 12.9. The van der Waals surface area contributed by atoms with Crippen LogP contribution < -0.4 is 5.32 Å². The number of halogens is 2. The minimum Gasteiger partial charge on any atom is -0.379 e. The van der Waals surface area contributed by atoms with Gasteiger partial charge in [0.25, 0.3) is 0 Å². The zero-order valence-electron chi connectivity index (χ0n) is 11.7. The summed E-state index contributed by atoms with van der Waals surface area (Å²) >= 11 is 9.62. The summed E-state index contributed by atoms with van der Waals surface area (Å²) in [5.74, 6) is 0. The molecule has 0 aliphatic rings. The van der Waals surface area contributed by atoms with E-state index in [0.29, 0.717) is 6.61 Å². The zero-order valence-corrected chi connectivity index (χ0v) is 14.1. The molecule has 0 aromatic heterocycles. The van der Waals surface area contributed by atoms with Gasteiger partial charge < -0.3 is 15.0 Å². The van der Waals surface area contributed by atoms with Crippen molar-refractivity contribution in [3.8, 4) is 0 Å². The van der Waals surface area contributed by atoms with Gasteiger partial charge in [0.05, 0.1) is 13.2 Å². The van der Waals surface area contributed by atoms with Gasteiger partial charge in [0, 0.05) is 28.6 Å². The van der Waals surface area contributed by atoms with E-state index in [9.17, 15) is 0 Å². The van der Waals surface area contributed by atoms with E-state index in [1.165, 1.54) is 0 Å². The van der Waals surface area contributed by atoms with Crippen molar-refractivity contribution in [2.24, 2.45) is 0 Å². The molecule has 1 rings (SSSR count). The predicted molar refractivity (Wildman–Crippen MR) is 84.9 cm³/mol. The molecule has 108 valence electrons. The Morgan fingerprint density at radius 3 is 2.74 bits per heavy atom. The van der Waals surface area contributed by atoms with E-state index in [1.54, 1.807) is 0 Å². The first-order valence-corrected chi connectivity index (χ1v) is 7.58. The van der Waals surface area contributed by atoms with Gasteiger partial charge in [-0.05, 0) is 38.7 Å². The van der Waals surface area contributed by atoms with Gasteiger partial charge in [0.15, 0.2) is 0 Å². The van der Waals surface area contributed by atoms with Gasteiger partial charge in [-0.2, -0.15) is 0 Å². The Hall–Kier alpha value is -0.130. The molecule has 0 saturated heterocycles. The number of likely N-dealkylation sites (N-methyl/N-ethyl adjacent to an activating group) is 1. The van der Waals surface area contributed by atoms with Gasteiger partial charge in [-0.25, -0.2) is 0 Å². The van der Waals surface area contributed by atoms with Crippen LogP contribution in [0.1, 0.15) is 18.5 Å². The number of ether oxygens (including phenoxy) is 1. The highest BCUT2D eigenvalue weighted by molar-refractivity contribution is 9.10. The molecular formula is C14H22BrClN2O. The molecule has 19 heavy (non-hydrogen) atoms. The van der Waals surface area contributed by atoms with Gasteiger partial charge in [-0.3, -0.25) is 0 Å². The summed E-state index contributed by atoms with van der Waals surface area (Å²) < 4.78 is 6.54. The lowest BCUT2D eigenvalue weighted by Gasteiger charge is -2.16. The van der Waals surface area contributed by atoms with E-state index in [-0.39, 0.29) is 6.04 Å². The first-order chi connectivity index (χ1) is 9.00. The summed E-state index contributed by atoms with van der Waals surface area (Å²) in [7, 11) is 4.08. The second kappa shape index (κ2) is 8.93. The van der Waals surface area contributed by atoms with E-state index in [1.807, 2.05) is 32.3 Å². The van der Waals surface area contributed by atoms with Crippen molar-refractivity contribution in [3.63, 3.8) is 0 Å². The summed E-state index contributed by atoms with van der Waals surface area (Å²) in [5.41, 5.74) is 1.11. The first-order valence-electron chi connectivity index (χ1n) is 6.41. The molecular weight excluding hydrogens is 328 g/mol. The van der Waals surface area contributed by atoms with Gasteiger partial charge in [0.1, 0.15) is 0 Å². The summed E-state index contributed by atoms with van der Waals surface area (Å²) in [6, 6.07) is 6.19. The summed E-state index contributed by atoms with van der Waals surface area (Å²) in [6.07, 6.45) is 0. The van der Waals surface area contributed by atoms with E-state index >= 15 is 0 Å². The van der Waals surface area contributed by atoms with Crippen LogP contribution in [0.4, 0.5) is 0 Å².